The molecule has 30 heavy (non-hydrogen) atoms. The van der Waals surface area contributed by atoms with E-state index in [1.165, 1.54) is 10.5 Å². The van der Waals surface area contributed by atoms with Gasteiger partial charge in [-0.3, -0.25) is 9.59 Å². The van der Waals surface area contributed by atoms with Crippen LogP contribution in [0.5, 0.6) is 0 Å². The molecule has 8 heteroatoms. The van der Waals surface area contributed by atoms with Crippen LogP contribution in [0.15, 0.2) is 35.3 Å². The van der Waals surface area contributed by atoms with Crippen LogP contribution in [0.3, 0.4) is 0 Å². The summed E-state index contributed by atoms with van der Waals surface area (Å²) in [7, 11) is 5.06. The van der Waals surface area contributed by atoms with Gasteiger partial charge in [-0.25, -0.2) is 4.99 Å². The van der Waals surface area contributed by atoms with Gasteiger partial charge in [0, 0.05) is 46.9 Å². The number of likely N-dealkylation sites (N-methyl/N-ethyl adjacent to an activating group) is 1. The van der Waals surface area contributed by atoms with Crippen LogP contribution in [0.2, 0.25) is 0 Å². The number of nitrogens with one attached hydrogen (secondary N) is 2. The van der Waals surface area contributed by atoms with Gasteiger partial charge in [-0.2, -0.15) is 0 Å². The predicted octanol–water partition coefficient (Wildman–Crippen LogP) is 0.880. The molecule has 0 saturated carbocycles. The molecular weight excluding hydrogens is 382 g/mol. The first kappa shape index (κ1) is 23.7. The fourth-order valence-electron chi connectivity index (χ4n) is 3.22. The molecule has 1 aromatic rings. The predicted molar refractivity (Wildman–Crippen MR) is 118 cm³/mol. The van der Waals surface area contributed by atoms with Gasteiger partial charge < -0.3 is 25.2 Å². The third kappa shape index (κ3) is 8.41. The van der Waals surface area contributed by atoms with Gasteiger partial charge in [0.15, 0.2) is 5.96 Å². The Labute approximate surface area is 179 Å². The number of piperidine rings is 1. The Morgan fingerprint density at radius 3 is 2.53 bits per heavy atom. The normalized spacial score (nSPS) is 15.0. The molecule has 1 aliphatic rings. The first-order chi connectivity index (χ1) is 14.5. The SMILES string of the molecule is COCCC(=O)N1CCC(NC(=NCC(=O)N(C)C)NCCc2ccccc2)CC1. The summed E-state index contributed by atoms with van der Waals surface area (Å²) in [5.41, 5.74) is 1.25. The van der Waals surface area contributed by atoms with Crippen molar-refractivity contribution in [2.45, 2.75) is 31.7 Å². The quantitative estimate of drug-likeness (QED) is 0.460. The van der Waals surface area contributed by atoms with Crippen LogP contribution in [0, 0.1) is 0 Å². The molecule has 0 unspecified atom stereocenters. The number of methoxy groups -OCH3 is 1. The third-order valence-corrected chi connectivity index (χ3v) is 5.13. The maximum Gasteiger partial charge on any atom is 0.243 e. The second-order valence-electron chi connectivity index (χ2n) is 7.66. The van der Waals surface area contributed by atoms with Crippen molar-refractivity contribution >= 4 is 17.8 Å². The summed E-state index contributed by atoms with van der Waals surface area (Å²) >= 11 is 0. The number of likely N-dealkylation sites (tertiary alicyclic amines) is 1. The topological polar surface area (TPSA) is 86.3 Å². The molecule has 1 aliphatic heterocycles. The van der Waals surface area contributed by atoms with Crippen LogP contribution < -0.4 is 10.6 Å². The number of nitrogens with zero attached hydrogens (tertiary/aromatic N) is 3. The highest BCUT2D eigenvalue weighted by molar-refractivity contribution is 5.85. The number of rotatable bonds is 9. The van der Waals surface area contributed by atoms with Crippen molar-refractivity contribution in [1.29, 1.82) is 0 Å². The number of benzene rings is 1. The summed E-state index contributed by atoms with van der Waals surface area (Å²) < 4.78 is 4.99. The summed E-state index contributed by atoms with van der Waals surface area (Å²) in [4.78, 5) is 32.0. The van der Waals surface area contributed by atoms with E-state index in [-0.39, 0.29) is 24.4 Å². The Morgan fingerprint density at radius 1 is 1.20 bits per heavy atom. The van der Waals surface area contributed by atoms with E-state index in [0.29, 0.717) is 32.1 Å². The van der Waals surface area contributed by atoms with Crippen LogP contribution in [-0.4, -0.2) is 87.6 Å². The van der Waals surface area contributed by atoms with Crippen LogP contribution >= 0.6 is 0 Å². The molecule has 8 nitrogen and oxygen atoms in total. The lowest BCUT2D eigenvalue weighted by atomic mass is 10.0. The minimum atomic E-state index is -0.0438. The fourth-order valence-corrected chi connectivity index (χ4v) is 3.22. The van der Waals surface area contributed by atoms with Crippen molar-refractivity contribution in [3.05, 3.63) is 35.9 Å². The molecule has 1 saturated heterocycles. The standard InChI is InChI=1S/C22H35N5O3/c1-26(2)21(29)17-24-22(23-13-9-18-7-5-4-6-8-18)25-19-10-14-27(15-11-19)20(28)12-16-30-3/h4-8,19H,9-17H2,1-3H3,(H2,23,24,25). The van der Waals surface area contributed by atoms with Gasteiger partial charge in [0.25, 0.3) is 0 Å². The lowest BCUT2D eigenvalue weighted by Crippen LogP contribution is -2.50. The van der Waals surface area contributed by atoms with Crippen LogP contribution in [0.1, 0.15) is 24.8 Å². The van der Waals surface area contributed by atoms with Gasteiger partial charge >= 0.3 is 0 Å². The molecule has 1 fully saturated rings. The lowest BCUT2D eigenvalue weighted by molar-refractivity contribution is -0.133. The zero-order valence-corrected chi connectivity index (χ0v) is 18.4. The average Bonchev–Trinajstić information content (AvgIpc) is 2.76. The number of guanidine groups is 1. The molecule has 0 radical (unpaired) electrons. The van der Waals surface area contributed by atoms with Gasteiger partial charge in [-0.1, -0.05) is 30.3 Å². The van der Waals surface area contributed by atoms with Gasteiger partial charge in [-0.05, 0) is 24.8 Å². The second kappa shape index (κ2) is 12.8. The van der Waals surface area contributed by atoms with Crippen LogP contribution in [-0.2, 0) is 20.7 Å². The Kier molecular flexibility index (Phi) is 10.1. The van der Waals surface area contributed by atoms with Crippen molar-refractivity contribution in [1.82, 2.24) is 20.4 Å². The van der Waals surface area contributed by atoms with Crippen molar-refractivity contribution in [3.8, 4) is 0 Å². The summed E-state index contributed by atoms with van der Waals surface area (Å²) in [6.07, 6.45) is 2.99. The van der Waals surface area contributed by atoms with E-state index < -0.39 is 0 Å². The number of carbonyl (C=O) groups excluding carboxylic acids is 2. The highest BCUT2D eigenvalue weighted by Crippen LogP contribution is 2.11. The van der Waals surface area contributed by atoms with E-state index in [4.69, 9.17) is 4.74 Å². The number of amides is 2. The maximum absolute atomic E-state index is 12.2. The molecule has 1 aromatic carbocycles. The fraction of sp³-hybridized carbons (Fsp3) is 0.591. The Bertz CT molecular complexity index is 685. The number of ether oxygens (including phenoxy) is 1. The molecule has 1 heterocycles. The summed E-state index contributed by atoms with van der Waals surface area (Å²) in [5, 5.41) is 6.79. The molecule has 0 atom stereocenters. The minimum absolute atomic E-state index is 0.0438. The molecular formula is C22H35N5O3. The summed E-state index contributed by atoms with van der Waals surface area (Å²) in [6.45, 7) is 2.71. The van der Waals surface area contributed by atoms with E-state index in [1.807, 2.05) is 23.1 Å². The van der Waals surface area contributed by atoms with Gasteiger partial charge in [0.1, 0.15) is 6.54 Å². The van der Waals surface area contributed by atoms with E-state index in [1.54, 1.807) is 21.2 Å². The Balaban J connectivity index is 1.86. The van der Waals surface area contributed by atoms with E-state index in [2.05, 4.69) is 27.8 Å². The minimum Gasteiger partial charge on any atom is -0.384 e. The summed E-state index contributed by atoms with van der Waals surface area (Å²) in [5.74, 6) is 0.741. The molecule has 0 bridgehead atoms. The van der Waals surface area contributed by atoms with E-state index >= 15 is 0 Å². The number of hydrogen-bond donors (Lipinski definition) is 2. The third-order valence-electron chi connectivity index (χ3n) is 5.13. The van der Waals surface area contributed by atoms with Crippen LogP contribution in [0.25, 0.3) is 0 Å². The van der Waals surface area contributed by atoms with Gasteiger partial charge in [0.05, 0.1) is 13.0 Å². The lowest BCUT2D eigenvalue weighted by Gasteiger charge is -2.33. The molecule has 2 amide bonds. The number of aliphatic imine (C=N–C) groups is 1. The molecule has 0 aromatic heterocycles. The first-order valence-electron chi connectivity index (χ1n) is 10.5. The smallest absolute Gasteiger partial charge is 0.243 e. The van der Waals surface area contributed by atoms with Crippen molar-refractivity contribution < 1.29 is 14.3 Å². The number of hydrogen-bond acceptors (Lipinski definition) is 4. The van der Waals surface area contributed by atoms with E-state index in [0.717, 1.165) is 25.8 Å². The number of carbonyl (C=O) groups is 2. The first-order valence-corrected chi connectivity index (χ1v) is 10.5. The Hall–Kier alpha value is -2.61. The highest BCUT2D eigenvalue weighted by atomic mass is 16.5. The molecule has 2 rings (SSSR count). The summed E-state index contributed by atoms with van der Waals surface area (Å²) in [6, 6.07) is 10.5. The largest absolute Gasteiger partial charge is 0.384 e. The van der Waals surface area contributed by atoms with Crippen molar-refractivity contribution in [2.24, 2.45) is 4.99 Å². The molecule has 0 aliphatic carbocycles. The highest BCUT2D eigenvalue weighted by Gasteiger charge is 2.23. The van der Waals surface area contributed by atoms with Crippen molar-refractivity contribution in [2.75, 3.05) is 54.0 Å². The monoisotopic (exact) mass is 417 g/mol. The second-order valence-corrected chi connectivity index (χ2v) is 7.66. The Morgan fingerprint density at radius 2 is 1.90 bits per heavy atom. The van der Waals surface area contributed by atoms with Crippen molar-refractivity contribution in [3.63, 3.8) is 0 Å². The average molecular weight is 418 g/mol. The zero-order valence-electron chi connectivity index (χ0n) is 18.4. The van der Waals surface area contributed by atoms with E-state index in [9.17, 15) is 9.59 Å². The molecule has 2 N–H and O–H groups in total. The van der Waals surface area contributed by atoms with Gasteiger partial charge in [-0.15, -0.1) is 0 Å². The van der Waals surface area contributed by atoms with Crippen LogP contribution in [0.4, 0.5) is 0 Å². The maximum atomic E-state index is 12.2. The molecule has 0 spiro atoms. The van der Waals surface area contributed by atoms with Gasteiger partial charge in [0.2, 0.25) is 11.8 Å². The molecule has 166 valence electrons. The zero-order chi connectivity index (χ0) is 21.8.